The molecule has 4 heterocycles. The van der Waals surface area contributed by atoms with E-state index in [1.54, 1.807) is 0 Å². The highest BCUT2D eigenvalue weighted by Crippen LogP contribution is 2.38. The van der Waals surface area contributed by atoms with Gasteiger partial charge in [0, 0.05) is 45.3 Å². The molecule has 0 radical (unpaired) electrons. The molecule has 234 valence electrons. The number of hydrogen-bond acceptors (Lipinski definition) is 2. The number of hydrogen-bond donors (Lipinski definition) is 0. The third kappa shape index (κ3) is 4.54. The van der Waals surface area contributed by atoms with Gasteiger partial charge in [0.1, 0.15) is 0 Å². The lowest BCUT2D eigenvalue weighted by atomic mass is 10.0. The molecule has 4 heteroatoms. The van der Waals surface area contributed by atoms with Crippen molar-refractivity contribution in [3.8, 4) is 44.8 Å². The summed E-state index contributed by atoms with van der Waals surface area (Å²) >= 11 is 0. The molecular weight excluding hydrogens is 609 g/mol. The van der Waals surface area contributed by atoms with E-state index in [1.807, 2.05) is 24.8 Å². The van der Waals surface area contributed by atoms with Gasteiger partial charge in [0.2, 0.25) is 0 Å². The lowest BCUT2D eigenvalue weighted by Gasteiger charge is -2.10. The lowest BCUT2D eigenvalue weighted by molar-refractivity contribution is 1.17. The molecule has 0 unspecified atom stereocenters. The van der Waals surface area contributed by atoms with E-state index >= 15 is 0 Å². The van der Waals surface area contributed by atoms with Crippen LogP contribution in [0.15, 0.2) is 183 Å². The standard InChI is InChI=1S/C46H30N4/c1-3-7-31(8-4-1)33-11-17-37(18-12-33)49-43-21-15-35(27-41(43)39-23-25-47-29-45(39)49)36-16-22-44-42(28-36)40-24-26-48-30-46(40)50(44)38-19-13-34(14-20-38)32-9-5-2-6-10-32/h1-30H. The third-order valence-corrected chi connectivity index (χ3v) is 9.94. The Morgan fingerprint density at radius 1 is 0.300 bits per heavy atom. The Morgan fingerprint density at radius 2 is 0.680 bits per heavy atom. The minimum atomic E-state index is 1.09. The van der Waals surface area contributed by atoms with E-state index < -0.39 is 0 Å². The van der Waals surface area contributed by atoms with E-state index in [1.165, 1.54) is 54.9 Å². The maximum Gasteiger partial charge on any atom is 0.0724 e. The van der Waals surface area contributed by atoms with Crippen LogP contribution in [0.1, 0.15) is 0 Å². The van der Waals surface area contributed by atoms with Crippen LogP contribution in [0.5, 0.6) is 0 Å². The molecule has 0 aliphatic heterocycles. The topological polar surface area (TPSA) is 35.6 Å². The van der Waals surface area contributed by atoms with E-state index in [0.29, 0.717) is 0 Å². The minimum absolute atomic E-state index is 1.09. The van der Waals surface area contributed by atoms with E-state index in [9.17, 15) is 0 Å². The molecule has 0 spiro atoms. The fourth-order valence-corrected chi connectivity index (χ4v) is 7.52. The second kappa shape index (κ2) is 11.4. The average Bonchev–Trinajstić information content (AvgIpc) is 3.71. The van der Waals surface area contributed by atoms with Crippen molar-refractivity contribution in [1.29, 1.82) is 0 Å². The molecular formula is C46H30N4. The molecule has 0 bridgehead atoms. The van der Waals surface area contributed by atoms with Crippen molar-refractivity contribution in [2.45, 2.75) is 0 Å². The second-order valence-electron chi connectivity index (χ2n) is 12.7. The summed E-state index contributed by atoms with van der Waals surface area (Å²) in [6.07, 6.45) is 7.72. The van der Waals surface area contributed by atoms with E-state index in [0.717, 1.165) is 33.4 Å². The molecule has 10 rings (SSSR count). The summed E-state index contributed by atoms with van der Waals surface area (Å²) in [5, 5.41) is 4.79. The Balaban J connectivity index is 1.08. The summed E-state index contributed by atoms with van der Waals surface area (Å²) in [4.78, 5) is 9.04. The van der Waals surface area contributed by atoms with Crippen LogP contribution in [-0.4, -0.2) is 19.1 Å². The SMILES string of the molecule is c1ccc(-c2ccc(-n3c4ccc(-c5ccc6c(c5)c5ccncc5n6-c5ccc(-c6ccccc6)cc5)cc4c4ccncc43)cc2)cc1. The van der Waals surface area contributed by atoms with Crippen molar-refractivity contribution >= 4 is 43.6 Å². The molecule has 0 fully saturated rings. The van der Waals surface area contributed by atoms with Crippen molar-refractivity contribution in [2.75, 3.05) is 0 Å². The Hall–Kier alpha value is -6.78. The summed E-state index contributed by atoms with van der Waals surface area (Å²) < 4.78 is 4.65. The van der Waals surface area contributed by atoms with Gasteiger partial charge in [-0.25, -0.2) is 0 Å². The van der Waals surface area contributed by atoms with Crippen LogP contribution in [0.3, 0.4) is 0 Å². The zero-order chi connectivity index (χ0) is 33.0. The fraction of sp³-hybridized carbons (Fsp3) is 0. The Bertz CT molecular complexity index is 2630. The monoisotopic (exact) mass is 638 g/mol. The third-order valence-electron chi connectivity index (χ3n) is 9.94. The van der Waals surface area contributed by atoms with Gasteiger partial charge in [0.15, 0.2) is 0 Å². The van der Waals surface area contributed by atoms with Crippen molar-refractivity contribution in [1.82, 2.24) is 19.1 Å². The van der Waals surface area contributed by atoms with Crippen LogP contribution in [0, 0.1) is 0 Å². The Kier molecular flexibility index (Phi) is 6.46. The average molecular weight is 639 g/mol. The maximum absolute atomic E-state index is 4.52. The van der Waals surface area contributed by atoms with Gasteiger partial charge >= 0.3 is 0 Å². The highest BCUT2D eigenvalue weighted by Gasteiger charge is 2.16. The molecule has 0 saturated carbocycles. The normalized spacial score (nSPS) is 11.6. The predicted molar refractivity (Wildman–Crippen MR) is 207 cm³/mol. The van der Waals surface area contributed by atoms with Crippen LogP contribution in [-0.2, 0) is 0 Å². The van der Waals surface area contributed by atoms with Gasteiger partial charge in [0.25, 0.3) is 0 Å². The van der Waals surface area contributed by atoms with Crippen molar-refractivity contribution in [3.63, 3.8) is 0 Å². The van der Waals surface area contributed by atoms with Crippen LogP contribution >= 0.6 is 0 Å². The summed E-state index contributed by atoms with van der Waals surface area (Å²) in [6.45, 7) is 0. The first-order valence-corrected chi connectivity index (χ1v) is 16.9. The molecule has 6 aromatic carbocycles. The number of rotatable bonds is 5. The fourth-order valence-electron chi connectivity index (χ4n) is 7.52. The Labute approximate surface area is 289 Å². The molecule has 0 aliphatic carbocycles. The largest absolute Gasteiger partial charge is 0.308 e. The summed E-state index contributed by atoms with van der Waals surface area (Å²) in [6, 6.07) is 56.5. The molecule has 4 nitrogen and oxygen atoms in total. The van der Waals surface area contributed by atoms with Crippen LogP contribution in [0.2, 0.25) is 0 Å². The highest BCUT2D eigenvalue weighted by atomic mass is 15.0. The molecule has 4 aromatic heterocycles. The van der Waals surface area contributed by atoms with Crippen molar-refractivity contribution in [2.24, 2.45) is 0 Å². The Morgan fingerprint density at radius 3 is 1.10 bits per heavy atom. The van der Waals surface area contributed by atoms with Crippen LogP contribution < -0.4 is 0 Å². The van der Waals surface area contributed by atoms with Gasteiger partial charge in [-0.15, -0.1) is 0 Å². The number of pyridine rings is 2. The zero-order valence-corrected chi connectivity index (χ0v) is 27.1. The lowest BCUT2D eigenvalue weighted by Crippen LogP contribution is -1.94. The van der Waals surface area contributed by atoms with E-state index in [4.69, 9.17) is 0 Å². The highest BCUT2D eigenvalue weighted by molar-refractivity contribution is 6.12. The number of nitrogens with zero attached hydrogens (tertiary/aromatic N) is 4. The molecule has 0 amide bonds. The van der Waals surface area contributed by atoms with Gasteiger partial charge in [-0.05, 0) is 94.0 Å². The quantitative estimate of drug-likeness (QED) is 0.188. The van der Waals surface area contributed by atoms with Gasteiger partial charge in [-0.3, -0.25) is 9.97 Å². The van der Waals surface area contributed by atoms with Crippen LogP contribution in [0.25, 0.3) is 88.4 Å². The van der Waals surface area contributed by atoms with E-state index in [2.05, 4.69) is 177 Å². The number of benzene rings is 6. The molecule has 0 aliphatic rings. The molecule has 0 atom stereocenters. The minimum Gasteiger partial charge on any atom is -0.308 e. The summed E-state index contributed by atoms with van der Waals surface area (Å²) in [5.74, 6) is 0. The van der Waals surface area contributed by atoms with E-state index in [-0.39, 0.29) is 0 Å². The molecule has 0 saturated heterocycles. The van der Waals surface area contributed by atoms with Crippen LogP contribution in [0.4, 0.5) is 0 Å². The van der Waals surface area contributed by atoms with Crippen molar-refractivity contribution in [3.05, 3.63) is 183 Å². The molecule has 50 heavy (non-hydrogen) atoms. The smallest absolute Gasteiger partial charge is 0.0724 e. The van der Waals surface area contributed by atoms with Gasteiger partial charge in [-0.2, -0.15) is 0 Å². The molecule has 0 N–H and O–H groups in total. The van der Waals surface area contributed by atoms with Crippen molar-refractivity contribution < 1.29 is 0 Å². The zero-order valence-electron chi connectivity index (χ0n) is 27.1. The van der Waals surface area contributed by atoms with Gasteiger partial charge in [0.05, 0.1) is 34.5 Å². The predicted octanol–water partition coefficient (Wildman–Crippen LogP) is 11.7. The first kappa shape index (κ1) is 28.3. The van der Waals surface area contributed by atoms with Gasteiger partial charge < -0.3 is 9.13 Å². The molecule has 10 aromatic rings. The summed E-state index contributed by atoms with van der Waals surface area (Å²) in [7, 11) is 0. The maximum atomic E-state index is 4.52. The first-order chi connectivity index (χ1) is 24.8. The van der Waals surface area contributed by atoms with Gasteiger partial charge in [-0.1, -0.05) is 97.1 Å². The second-order valence-corrected chi connectivity index (χ2v) is 12.7. The number of fused-ring (bicyclic) bond motifs is 6. The number of aromatic nitrogens is 4. The first-order valence-electron chi connectivity index (χ1n) is 16.9. The summed E-state index contributed by atoms with van der Waals surface area (Å²) in [5.41, 5.74) is 13.9.